The molecule has 2 rings (SSSR count). The third-order valence-corrected chi connectivity index (χ3v) is 3.52. The Hall–Kier alpha value is -0.870. The molecule has 1 fully saturated rings. The van der Waals surface area contributed by atoms with Crippen molar-refractivity contribution in [3.8, 4) is 0 Å². The summed E-state index contributed by atoms with van der Waals surface area (Å²) in [7, 11) is 0. The molecular weight excluding hydrogens is 196 g/mol. The van der Waals surface area contributed by atoms with Crippen LogP contribution in [0.5, 0.6) is 0 Å². The number of rotatable bonds is 3. The predicted molar refractivity (Wildman–Crippen MR) is 57.3 cm³/mol. The van der Waals surface area contributed by atoms with Gasteiger partial charge >= 0.3 is 0 Å². The van der Waals surface area contributed by atoms with Crippen LogP contribution in [0.2, 0.25) is 0 Å². The first-order chi connectivity index (χ1) is 6.77. The molecule has 1 aliphatic rings. The quantitative estimate of drug-likeness (QED) is 0.789. The Morgan fingerprint density at radius 1 is 1.79 bits per heavy atom. The molecule has 1 aromatic heterocycles. The van der Waals surface area contributed by atoms with Crippen molar-refractivity contribution in [1.29, 1.82) is 0 Å². The standard InChI is InChI=1S/C10H14N2OS/c1-7(9-3-2-6-14-9)12-10(13)8-4-5-11-8/h2-3,6-8,11H,4-5H2,1H3,(H,12,13)/t7?,8-/m1/s1. The highest BCUT2D eigenvalue weighted by Crippen LogP contribution is 2.18. The van der Waals surface area contributed by atoms with Crippen LogP contribution in [-0.2, 0) is 4.79 Å². The molecule has 1 saturated heterocycles. The van der Waals surface area contributed by atoms with Crippen molar-refractivity contribution in [3.05, 3.63) is 22.4 Å². The van der Waals surface area contributed by atoms with Crippen LogP contribution < -0.4 is 10.6 Å². The topological polar surface area (TPSA) is 41.1 Å². The van der Waals surface area contributed by atoms with Crippen LogP contribution >= 0.6 is 11.3 Å². The van der Waals surface area contributed by atoms with Gasteiger partial charge in [0.25, 0.3) is 0 Å². The molecule has 0 aliphatic carbocycles. The van der Waals surface area contributed by atoms with Gasteiger partial charge in [0.2, 0.25) is 5.91 Å². The minimum absolute atomic E-state index is 0.0393. The average molecular weight is 210 g/mol. The summed E-state index contributed by atoms with van der Waals surface area (Å²) >= 11 is 1.68. The van der Waals surface area contributed by atoms with E-state index in [0.29, 0.717) is 0 Å². The number of thiophene rings is 1. The molecule has 1 amide bonds. The number of carbonyl (C=O) groups excluding carboxylic acids is 1. The molecule has 0 saturated carbocycles. The molecular formula is C10H14N2OS. The number of nitrogens with one attached hydrogen (secondary N) is 2. The summed E-state index contributed by atoms with van der Waals surface area (Å²) in [5, 5.41) is 8.11. The Kier molecular flexibility index (Phi) is 2.84. The van der Waals surface area contributed by atoms with E-state index in [-0.39, 0.29) is 18.0 Å². The van der Waals surface area contributed by atoms with E-state index in [9.17, 15) is 4.79 Å². The van der Waals surface area contributed by atoms with Gasteiger partial charge in [-0.25, -0.2) is 0 Å². The second-order valence-electron chi connectivity index (χ2n) is 3.54. The molecule has 2 heterocycles. The van der Waals surface area contributed by atoms with E-state index in [1.807, 2.05) is 24.4 Å². The smallest absolute Gasteiger partial charge is 0.237 e. The van der Waals surface area contributed by atoms with Crippen LogP contribution in [0.1, 0.15) is 24.3 Å². The molecule has 1 unspecified atom stereocenters. The maximum Gasteiger partial charge on any atom is 0.237 e. The molecule has 1 aromatic rings. The highest BCUT2D eigenvalue weighted by molar-refractivity contribution is 7.10. The van der Waals surface area contributed by atoms with Crippen LogP contribution in [0, 0.1) is 0 Å². The highest BCUT2D eigenvalue weighted by Gasteiger charge is 2.25. The lowest BCUT2D eigenvalue weighted by atomic mass is 10.1. The van der Waals surface area contributed by atoms with Crippen LogP contribution in [0.15, 0.2) is 17.5 Å². The first-order valence-corrected chi connectivity index (χ1v) is 5.72. The van der Waals surface area contributed by atoms with E-state index in [1.54, 1.807) is 11.3 Å². The van der Waals surface area contributed by atoms with Gasteiger partial charge in [-0.2, -0.15) is 0 Å². The van der Waals surface area contributed by atoms with Crippen molar-refractivity contribution in [3.63, 3.8) is 0 Å². The van der Waals surface area contributed by atoms with Gasteiger partial charge in [0, 0.05) is 4.88 Å². The summed E-state index contributed by atoms with van der Waals surface area (Å²) in [6.45, 7) is 2.98. The molecule has 1 aliphatic heterocycles. The number of carbonyl (C=O) groups is 1. The highest BCUT2D eigenvalue weighted by atomic mass is 32.1. The molecule has 3 nitrogen and oxygen atoms in total. The summed E-state index contributed by atoms with van der Waals surface area (Å²) < 4.78 is 0. The molecule has 2 N–H and O–H groups in total. The van der Waals surface area contributed by atoms with Crippen molar-refractivity contribution in [2.75, 3.05) is 6.54 Å². The second kappa shape index (κ2) is 4.11. The Balaban J connectivity index is 1.87. The van der Waals surface area contributed by atoms with Crippen LogP contribution in [-0.4, -0.2) is 18.5 Å². The van der Waals surface area contributed by atoms with E-state index in [1.165, 1.54) is 4.88 Å². The van der Waals surface area contributed by atoms with E-state index in [0.717, 1.165) is 13.0 Å². The summed E-state index contributed by atoms with van der Waals surface area (Å²) in [4.78, 5) is 12.8. The average Bonchev–Trinajstić information content (AvgIpc) is 2.51. The Bertz CT molecular complexity index is 306. The minimum atomic E-state index is 0.0393. The zero-order valence-corrected chi connectivity index (χ0v) is 8.93. The van der Waals surface area contributed by atoms with Gasteiger partial charge in [0.1, 0.15) is 0 Å². The first-order valence-electron chi connectivity index (χ1n) is 4.84. The molecule has 2 atom stereocenters. The summed E-state index contributed by atoms with van der Waals surface area (Å²) in [6.07, 6.45) is 0.961. The Morgan fingerprint density at radius 3 is 3.07 bits per heavy atom. The fourth-order valence-corrected chi connectivity index (χ4v) is 2.17. The third-order valence-electron chi connectivity index (χ3n) is 2.47. The first kappa shape index (κ1) is 9.68. The number of amides is 1. The lowest BCUT2D eigenvalue weighted by Crippen LogP contribution is -2.53. The maximum absolute atomic E-state index is 11.6. The van der Waals surface area contributed by atoms with Crippen molar-refractivity contribution < 1.29 is 4.79 Å². The molecule has 76 valence electrons. The molecule has 0 bridgehead atoms. The minimum Gasteiger partial charge on any atom is -0.347 e. The van der Waals surface area contributed by atoms with Crippen LogP contribution in [0.4, 0.5) is 0 Å². The molecule has 0 aromatic carbocycles. The summed E-state index contributed by atoms with van der Waals surface area (Å²) in [5.74, 6) is 0.122. The van der Waals surface area contributed by atoms with Gasteiger partial charge in [0.15, 0.2) is 0 Å². The van der Waals surface area contributed by atoms with E-state index < -0.39 is 0 Å². The largest absolute Gasteiger partial charge is 0.347 e. The fourth-order valence-electron chi connectivity index (χ4n) is 1.44. The monoisotopic (exact) mass is 210 g/mol. The third kappa shape index (κ3) is 1.96. The van der Waals surface area contributed by atoms with Gasteiger partial charge in [-0.05, 0) is 31.3 Å². The maximum atomic E-state index is 11.6. The van der Waals surface area contributed by atoms with Crippen LogP contribution in [0.3, 0.4) is 0 Å². The molecule has 14 heavy (non-hydrogen) atoms. The summed E-state index contributed by atoms with van der Waals surface area (Å²) in [6, 6.07) is 4.22. The van der Waals surface area contributed by atoms with Gasteiger partial charge in [-0.15, -0.1) is 11.3 Å². The Morgan fingerprint density at radius 2 is 2.57 bits per heavy atom. The molecule has 4 heteroatoms. The van der Waals surface area contributed by atoms with Crippen molar-refractivity contribution >= 4 is 17.2 Å². The predicted octanol–water partition coefficient (Wildman–Crippen LogP) is 1.29. The van der Waals surface area contributed by atoms with Gasteiger partial charge < -0.3 is 10.6 Å². The summed E-state index contributed by atoms with van der Waals surface area (Å²) in [5.41, 5.74) is 0. The van der Waals surface area contributed by atoms with E-state index in [2.05, 4.69) is 10.6 Å². The second-order valence-corrected chi connectivity index (χ2v) is 4.52. The van der Waals surface area contributed by atoms with Crippen molar-refractivity contribution in [2.45, 2.75) is 25.4 Å². The fraction of sp³-hybridized carbons (Fsp3) is 0.500. The Labute approximate surface area is 87.5 Å². The number of hydrogen-bond acceptors (Lipinski definition) is 3. The van der Waals surface area contributed by atoms with Crippen LogP contribution in [0.25, 0.3) is 0 Å². The zero-order chi connectivity index (χ0) is 9.97. The van der Waals surface area contributed by atoms with Gasteiger partial charge in [-0.1, -0.05) is 6.07 Å². The SMILES string of the molecule is CC(NC(=O)[C@H]1CCN1)c1cccs1. The van der Waals surface area contributed by atoms with Gasteiger partial charge in [0.05, 0.1) is 12.1 Å². The lowest BCUT2D eigenvalue weighted by molar-refractivity contribution is -0.125. The molecule has 0 radical (unpaired) electrons. The van der Waals surface area contributed by atoms with Gasteiger partial charge in [-0.3, -0.25) is 4.79 Å². The van der Waals surface area contributed by atoms with Crippen molar-refractivity contribution in [1.82, 2.24) is 10.6 Å². The van der Waals surface area contributed by atoms with E-state index >= 15 is 0 Å². The zero-order valence-electron chi connectivity index (χ0n) is 8.12. The number of hydrogen-bond donors (Lipinski definition) is 2. The van der Waals surface area contributed by atoms with Crippen molar-refractivity contribution in [2.24, 2.45) is 0 Å². The molecule has 0 spiro atoms. The van der Waals surface area contributed by atoms with E-state index in [4.69, 9.17) is 0 Å². The lowest BCUT2D eigenvalue weighted by Gasteiger charge is -2.27. The normalized spacial score (nSPS) is 22.5.